The quantitative estimate of drug-likeness (QED) is 0.819. The number of carbonyl (C=O) groups is 1. The van der Waals surface area contributed by atoms with Crippen LogP contribution in [0.15, 0.2) is 10.9 Å². The lowest BCUT2D eigenvalue weighted by molar-refractivity contribution is -0.148. The molecule has 0 spiro atoms. The third kappa shape index (κ3) is 2.43. The lowest BCUT2D eigenvalue weighted by Crippen LogP contribution is -2.34. The van der Waals surface area contributed by atoms with Crippen molar-refractivity contribution in [1.82, 2.24) is 4.98 Å². The van der Waals surface area contributed by atoms with E-state index in [4.69, 9.17) is 10.00 Å². The van der Waals surface area contributed by atoms with Gasteiger partial charge in [0.2, 0.25) is 0 Å². The highest BCUT2D eigenvalue weighted by Gasteiger charge is 2.33. The van der Waals surface area contributed by atoms with Crippen LogP contribution in [-0.4, -0.2) is 17.6 Å². The summed E-state index contributed by atoms with van der Waals surface area (Å²) in [5, 5.41) is 8.82. The molecule has 1 N–H and O–H groups in total. The summed E-state index contributed by atoms with van der Waals surface area (Å²) in [5.74, 6) is -0.412. The monoisotopic (exact) mass is 248 g/mol. The SMILES string of the molecule is CCOC(=O)C(C)(C)c1cc(C)c(C#N)c(=O)[nH]1. The van der Waals surface area contributed by atoms with Crippen LogP contribution in [0.25, 0.3) is 0 Å². The predicted octanol–water partition coefficient (Wildman–Crippen LogP) is 1.40. The molecule has 5 nitrogen and oxygen atoms in total. The van der Waals surface area contributed by atoms with E-state index < -0.39 is 16.9 Å². The smallest absolute Gasteiger partial charge is 0.317 e. The number of H-pyrrole nitrogens is 1. The number of nitriles is 1. The van der Waals surface area contributed by atoms with Gasteiger partial charge in [0, 0.05) is 5.69 Å². The number of hydrogen-bond acceptors (Lipinski definition) is 4. The fourth-order valence-corrected chi connectivity index (χ4v) is 1.59. The van der Waals surface area contributed by atoms with E-state index in [2.05, 4.69) is 4.98 Å². The van der Waals surface area contributed by atoms with E-state index in [1.54, 1.807) is 33.8 Å². The second-order valence-corrected chi connectivity index (χ2v) is 4.53. The molecule has 0 aliphatic carbocycles. The van der Waals surface area contributed by atoms with Crippen LogP contribution in [0.2, 0.25) is 0 Å². The van der Waals surface area contributed by atoms with Crippen molar-refractivity contribution in [2.45, 2.75) is 33.1 Å². The molecular weight excluding hydrogens is 232 g/mol. The van der Waals surface area contributed by atoms with Gasteiger partial charge in [-0.15, -0.1) is 0 Å². The zero-order chi connectivity index (χ0) is 13.9. The van der Waals surface area contributed by atoms with Crippen molar-refractivity contribution in [3.05, 3.63) is 33.2 Å². The third-order valence-electron chi connectivity index (χ3n) is 2.80. The fraction of sp³-hybridized carbons (Fsp3) is 0.462. The van der Waals surface area contributed by atoms with Crippen molar-refractivity contribution in [3.63, 3.8) is 0 Å². The van der Waals surface area contributed by atoms with Crippen molar-refractivity contribution in [2.75, 3.05) is 6.61 Å². The highest BCUT2D eigenvalue weighted by Crippen LogP contribution is 2.23. The number of nitrogens with one attached hydrogen (secondary N) is 1. The van der Waals surface area contributed by atoms with Crippen LogP contribution >= 0.6 is 0 Å². The van der Waals surface area contributed by atoms with Crippen molar-refractivity contribution in [1.29, 1.82) is 5.26 Å². The summed E-state index contributed by atoms with van der Waals surface area (Å²) in [7, 11) is 0. The van der Waals surface area contributed by atoms with Gasteiger partial charge in [-0.05, 0) is 39.3 Å². The predicted molar refractivity (Wildman–Crippen MR) is 66.2 cm³/mol. The molecule has 0 aliphatic heterocycles. The number of carbonyl (C=O) groups excluding carboxylic acids is 1. The first-order valence-corrected chi connectivity index (χ1v) is 5.66. The maximum atomic E-state index is 11.8. The standard InChI is InChI=1S/C13H16N2O3/c1-5-18-12(17)13(3,4)10-6-8(2)9(7-14)11(16)15-10/h6H,5H2,1-4H3,(H,15,16). The normalized spacial score (nSPS) is 10.8. The summed E-state index contributed by atoms with van der Waals surface area (Å²) in [5.41, 5.74) is -0.368. The maximum absolute atomic E-state index is 11.8. The largest absolute Gasteiger partial charge is 0.465 e. The number of aromatic amines is 1. The van der Waals surface area contributed by atoms with Crippen LogP contribution in [-0.2, 0) is 14.9 Å². The highest BCUT2D eigenvalue weighted by atomic mass is 16.5. The maximum Gasteiger partial charge on any atom is 0.317 e. The summed E-state index contributed by atoms with van der Waals surface area (Å²) < 4.78 is 4.97. The number of nitrogens with zero attached hydrogens (tertiary/aromatic N) is 1. The van der Waals surface area contributed by atoms with Crippen LogP contribution in [0.5, 0.6) is 0 Å². The first kappa shape index (κ1) is 14.0. The number of aromatic nitrogens is 1. The fourth-order valence-electron chi connectivity index (χ4n) is 1.59. The Morgan fingerprint density at radius 2 is 2.17 bits per heavy atom. The van der Waals surface area contributed by atoms with Gasteiger partial charge in [0.15, 0.2) is 0 Å². The minimum absolute atomic E-state index is 0.0680. The van der Waals surface area contributed by atoms with E-state index in [-0.39, 0.29) is 12.2 Å². The number of rotatable bonds is 3. The number of esters is 1. The Hall–Kier alpha value is -2.09. The van der Waals surface area contributed by atoms with Crippen LogP contribution < -0.4 is 5.56 Å². The molecule has 0 bridgehead atoms. The van der Waals surface area contributed by atoms with E-state index in [0.29, 0.717) is 11.3 Å². The average molecular weight is 248 g/mol. The number of aryl methyl sites for hydroxylation is 1. The van der Waals surface area contributed by atoms with E-state index in [0.717, 1.165) is 0 Å². The number of ether oxygens (including phenoxy) is 1. The van der Waals surface area contributed by atoms with Crippen LogP contribution in [0, 0.1) is 18.3 Å². The summed E-state index contributed by atoms with van der Waals surface area (Å²) in [6, 6.07) is 3.47. The molecule has 0 amide bonds. The molecule has 0 atom stereocenters. The van der Waals surface area contributed by atoms with Crippen LogP contribution in [0.1, 0.15) is 37.6 Å². The molecule has 0 saturated heterocycles. The minimum Gasteiger partial charge on any atom is -0.465 e. The number of pyridine rings is 1. The van der Waals surface area contributed by atoms with Crippen LogP contribution in [0.4, 0.5) is 0 Å². The van der Waals surface area contributed by atoms with Gasteiger partial charge in [-0.3, -0.25) is 9.59 Å². The minimum atomic E-state index is -0.950. The van der Waals surface area contributed by atoms with Gasteiger partial charge in [0.05, 0.1) is 6.61 Å². The molecule has 5 heteroatoms. The molecule has 0 fully saturated rings. The molecule has 0 aromatic carbocycles. The second kappa shape index (κ2) is 5.05. The van der Waals surface area contributed by atoms with Crippen molar-refractivity contribution >= 4 is 5.97 Å². The van der Waals surface area contributed by atoms with Gasteiger partial charge >= 0.3 is 5.97 Å². The zero-order valence-electron chi connectivity index (χ0n) is 11.0. The molecule has 0 radical (unpaired) electrons. The van der Waals surface area contributed by atoms with Gasteiger partial charge in [-0.2, -0.15) is 5.26 Å². The van der Waals surface area contributed by atoms with E-state index in [9.17, 15) is 9.59 Å². The Labute approximate surface area is 105 Å². The molecular formula is C13H16N2O3. The highest BCUT2D eigenvalue weighted by molar-refractivity contribution is 5.81. The molecule has 1 aromatic heterocycles. The molecule has 96 valence electrons. The van der Waals surface area contributed by atoms with Crippen molar-refractivity contribution in [2.24, 2.45) is 0 Å². The van der Waals surface area contributed by atoms with Gasteiger partial charge in [-0.25, -0.2) is 0 Å². The molecule has 0 aliphatic rings. The van der Waals surface area contributed by atoms with Crippen molar-refractivity contribution < 1.29 is 9.53 Å². The van der Waals surface area contributed by atoms with Gasteiger partial charge < -0.3 is 9.72 Å². The Morgan fingerprint density at radius 1 is 1.56 bits per heavy atom. The lowest BCUT2D eigenvalue weighted by atomic mass is 9.88. The van der Waals surface area contributed by atoms with E-state index in [1.807, 2.05) is 6.07 Å². The molecule has 1 heterocycles. The summed E-state index contributed by atoms with van der Waals surface area (Å²) in [4.78, 5) is 26.1. The summed E-state index contributed by atoms with van der Waals surface area (Å²) in [6.07, 6.45) is 0. The Bertz CT molecular complexity index is 565. The molecule has 1 rings (SSSR count). The Kier molecular flexibility index (Phi) is 3.92. The average Bonchev–Trinajstić information content (AvgIpc) is 2.28. The second-order valence-electron chi connectivity index (χ2n) is 4.53. The first-order valence-electron chi connectivity index (χ1n) is 5.66. The summed E-state index contributed by atoms with van der Waals surface area (Å²) in [6.45, 7) is 7.00. The molecule has 18 heavy (non-hydrogen) atoms. The van der Waals surface area contributed by atoms with Crippen LogP contribution in [0.3, 0.4) is 0 Å². The topological polar surface area (TPSA) is 82.9 Å². The zero-order valence-corrected chi connectivity index (χ0v) is 11.0. The molecule has 0 saturated carbocycles. The van der Waals surface area contributed by atoms with Gasteiger partial charge in [0.1, 0.15) is 17.0 Å². The number of hydrogen-bond donors (Lipinski definition) is 1. The Balaban J connectivity index is 3.31. The van der Waals surface area contributed by atoms with Gasteiger partial charge in [-0.1, -0.05) is 0 Å². The summed E-state index contributed by atoms with van der Waals surface area (Å²) >= 11 is 0. The third-order valence-corrected chi connectivity index (χ3v) is 2.80. The lowest BCUT2D eigenvalue weighted by Gasteiger charge is -2.22. The first-order chi connectivity index (χ1) is 8.34. The Morgan fingerprint density at radius 3 is 2.61 bits per heavy atom. The van der Waals surface area contributed by atoms with E-state index >= 15 is 0 Å². The molecule has 0 unspecified atom stereocenters. The van der Waals surface area contributed by atoms with Gasteiger partial charge in [0.25, 0.3) is 5.56 Å². The van der Waals surface area contributed by atoms with E-state index in [1.165, 1.54) is 0 Å². The van der Waals surface area contributed by atoms with Crippen molar-refractivity contribution in [3.8, 4) is 6.07 Å². The molecule has 1 aromatic rings.